The summed E-state index contributed by atoms with van der Waals surface area (Å²) in [5, 5.41) is 12.4. The molecule has 4 rings (SSSR count). The minimum atomic E-state index is -1.15. The van der Waals surface area contributed by atoms with E-state index in [0.29, 0.717) is 12.5 Å². The van der Waals surface area contributed by atoms with Gasteiger partial charge in [-0.05, 0) is 67.1 Å². The molecule has 200 valence electrons. The van der Waals surface area contributed by atoms with Crippen molar-refractivity contribution in [2.45, 2.75) is 44.6 Å². The summed E-state index contributed by atoms with van der Waals surface area (Å²) in [6.45, 7) is 1.36. The molecule has 0 aliphatic carbocycles. The molecule has 0 fully saturated rings. The lowest BCUT2D eigenvalue weighted by Gasteiger charge is -2.24. The fourth-order valence-corrected chi connectivity index (χ4v) is 5.01. The van der Waals surface area contributed by atoms with Crippen LogP contribution in [0.3, 0.4) is 0 Å². The van der Waals surface area contributed by atoms with Gasteiger partial charge in [-0.15, -0.1) is 0 Å². The molecular formula is C29H30Cl2N2O5. The number of aliphatic carboxylic acids is 1. The first kappa shape index (κ1) is 27.7. The molecule has 2 unspecified atom stereocenters. The molecule has 9 heteroatoms. The zero-order valence-electron chi connectivity index (χ0n) is 20.9. The van der Waals surface area contributed by atoms with E-state index in [2.05, 4.69) is 10.3 Å². The van der Waals surface area contributed by atoms with Crippen LogP contribution in [0.2, 0.25) is 10.0 Å². The summed E-state index contributed by atoms with van der Waals surface area (Å²) in [7, 11) is 0. The number of nitrogens with zero attached hydrogens (tertiary/aromatic N) is 1. The maximum absolute atomic E-state index is 12.6. The van der Waals surface area contributed by atoms with Crippen LogP contribution in [-0.4, -0.2) is 41.2 Å². The van der Waals surface area contributed by atoms with E-state index in [9.17, 15) is 14.7 Å². The number of rotatable bonds is 12. The number of carbonyl (C=O) groups is 2. The van der Waals surface area contributed by atoms with Crippen LogP contribution in [0, 0.1) is 5.92 Å². The van der Waals surface area contributed by atoms with E-state index in [1.807, 2.05) is 30.5 Å². The highest BCUT2D eigenvalue weighted by Crippen LogP contribution is 2.28. The number of pyridine rings is 1. The van der Waals surface area contributed by atoms with Crippen LogP contribution in [0.15, 0.2) is 60.8 Å². The summed E-state index contributed by atoms with van der Waals surface area (Å²) in [5.74, 6) is 0.351. The molecule has 1 amide bonds. The van der Waals surface area contributed by atoms with Crippen LogP contribution < -0.4 is 14.8 Å². The predicted molar refractivity (Wildman–Crippen MR) is 146 cm³/mol. The normalized spacial score (nSPS) is 15.2. The molecule has 1 aliphatic heterocycles. The third kappa shape index (κ3) is 7.62. The molecule has 1 aromatic heterocycles. The third-order valence-electron chi connectivity index (χ3n) is 6.49. The van der Waals surface area contributed by atoms with Gasteiger partial charge >= 0.3 is 5.97 Å². The average Bonchev–Trinajstić information content (AvgIpc) is 2.91. The Hall–Kier alpha value is -3.29. The maximum Gasteiger partial charge on any atom is 0.326 e. The third-order valence-corrected chi connectivity index (χ3v) is 7.12. The van der Waals surface area contributed by atoms with Gasteiger partial charge in [0.25, 0.3) is 5.91 Å². The summed E-state index contributed by atoms with van der Waals surface area (Å²) in [5.41, 5.74) is 1.86. The Morgan fingerprint density at radius 2 is 1.82 bits per heavy atom. The number of amides is 1. The van der Waals surface area contributed by atoms with Crippen LogP contribution in [-0.2, 0) is 17.6 Å². The van der Waals surface area contributed by atoms with E-state index < -0.39 is 17.9 Å². The fourth-order valence-electron chi connectivity index (χ4n) is 4.44. The fraction of sp³-hybridized carbons (Fsp3) is 0.345. The minimum Gasteiger partial charge on any atom is -0.494 e. The molecule has 0 spiro atoms. The van der Waals surface area contributed by atoms with Crippen LogP contribution >= 0.6 is 23.2 Å². The van der Waals surface area contributed by atoms with E-state index >= 15 is 0 Å². The monoisotopic (exact) mass is 556 g/mol. The van der Waals surface area contributed by atoms with Crippen LogP contribution in [0.5, 0.6) is 11.5 Å². The molecule has 7 nitrogen and oxygen atoms in total. The van der Waals surface area contributed by atoms with Crippen molar-refractivity contribution in [3.8, 4) is 11.5 Å². The molecular weight excluding hydrogens is 527 g/mol. The molecule has 2 atom stereocenters. The first-order valence-corrected chi connectivity index (χ1v) is 13.4. The lowest BCUT2D eigenvalue weighted by atomic mass is 9.94. The molecule has 1 aliphatic rings. The number of halogens is 2. The Bertz CT molecular complexity index is 1230. The Morgan fingerprint density at radius 1 is 1.05 bits per heavy atom. The van der Waals surface area contributed by atoms with Gasteiger partial charge in [0.15, 0.2) is 0 Å². The van der Waals surface area contributed by atoms with Crippen LogP contribution in [0.1, 0.15) is 47.3 Å². The first-order chi connectivity index (χ1) is 18.4. The van der Waals surface area contributed by atoms with Gasteiger partial charge < -0.3 is 19.9 Å². The zero-order chi connectivity index (χ0) is 26.9. The van der Waals surface area contributed by atoms with Crippen molar-refractivity contribution in [3.05, 3.63) is 87.7 Å². The van der Waals surface area contributed by atoms with Crippen molar-refractivity contribution in [2.24, 2.45) is 5.92 Å². The Morgan fingerprint density at radius 3 is 2.55 bits per heavy atom. The number of ether oxygens (including phenoxy) is 2. The van der Waals surface area contributed by atoms with E-state index in [0.717, 1.165) is 61.5 Å². The summed E-state index contributed by atoms with van der Waals surface area (Å²) < 4.78 is 11.7. The van der Waals surface area contributed by atoms with Gasteiger partial charge in [0.1, 0.15) is 17.5 Å². The SMILES string of the molecule is O=C(NC(Cc1ccc(OCCCCCC2COc3cccnc3C2)cc1)C(=O)O)c1c(Cl)cccc1Cl. The molecule has 2 aromatic carbocycles. The van der Waals surface area contributed by atoms with E-state index in [1.54, 1.807) is 18.2 Å². The molecule has 2 N–H and O–H groups in total. The topological polar surface area (TPSA) is 97.8 Å². The maximum atomic E-state index is 12.6. The highest BCUT2D eigenvalue weighted by molar-refractivity contribution is 6.39. The Kier molecular flexibility index (Phi) is 9.85. The van der Waals surface area contributed by atoms with Gasteiger partial charge in [0.2, 0.25) is 0 Å². The number of carbonyl (C=O) groups excluding carboxylic acids is 1. The molecule has 3 aromatic rings. The first-order valence-electron chi connectivity index (χ1n) is 12.7. The van der Waals surface area contributed by atoms with E-state index in [4.69, 9.17) is 32.7 Å². The standard InChI is InChI=1S/C29H30Cl2N2O5/c30-22-7-4-8-23(31)27(22)28(34)33-25(29(35)36)16-19-10-12-21(13-11-19)37-15-3-1-2-6-20-17-24-26(38-18-20)9-5-14-32-24/h4-5,7-14,20,25H,1-3,6,15-18H2,(H,33,34)(H,35,36). The minimum absolute atomic E-state index is 0.0558. The molecule has 0 radical (unpaired) electrons. The lowest BCUT2D eigenvalue weighted by molar-refractivity contribution is -0.139. The molecule has 38 heavy (non-hydrogen) atoms. The average molecular weight is 557 g/mol. The summed E-state index contributed by atoms with van der Waals surface area (Å²) in [6, 6.07) is 14.6. The predicted octanol–water partition coefficient (Wildman–Crippen LogP) is 6.00. The number of unbranched alkanes of at least 4 members (excludes halogenated alkanes) is 2. The number of benzene rings is 2. The van der Waals surface area contributed by atoms with E-state index in [-0.39, 0.29) is 22.0 Å². The number of carboxylic acids is 1. The van der Waals surface area contributed by atoms with Crippen molar-refractivity contribution in [3.63, 3.8) is 0 Å². The second kappa shape index (κ2) is 13.5. The van der Waals surface area contributed by atoms with Gasteiger partial charge in [-0.25, -0.2) is 4.79 Å². The second-order valence-corrected chi connectivity index (χ2v) is 10.2. The van der Waals surface area contributed by atoms with Gasteiger partial charge in [0.05, 0.1) is 34.5 Å². The van der Waals surface area contributed by atoms with Crippen molar-refractivity contribution in [1.82, 2.24) is 10.3 Å². The number of fused-ring (bicyclic) bond motifs is 1. The smallest absolute Gasteiger partial charge is 0.326 e. The summed E-state index contributed by atoms with van der Waals surface area (Å²) >= 11 is 12.1. The van der Waals surface area contributed by atoms with Crippen LogP contribution in [0.25, 0.3) is 0 Å². The number of hydrogen-bond donors (Lipinski definition) is 2. The number of carboxylic acid groups (broad SMARTS) is 1. The van der Waals surface area contributed by atoms with Crippen molar-refractivity contribution in [2.75, 3.05) is 13.2 Å². The molecule has 0 saturated heterocycles. The molecule has 2 heterocycles. The highest BCUT2D eigenvalue weighted by Gasteiger charge is 2.24. The largest absolute Gasteiger partial charge is 0.494 e. The van der Waals surface area contributed by atoms with Crippen molar-refractivity contribution in [1.29, 1.82) is 0 Å². The van der Waals surface area contributed by atoms with Gasteiger partial charge in [0, 0.05) is 12.6 Å². The lowest BCUT2D eigenvalue weighted by Crippen LogP contribution is -2.42. The van der Waals surface area contributed by atoms with Crippen molar-refractivity contribution >= 4 is 35.1 Å². The Balaban J connectivity index is 1.17. The number of nitrogens with one attached hydrogen (secondary N) is 1. The number of aromatic nitrogens is 1. The summed E-state index contributed by atoms with van der Waals surface area (Å²) in [4.78, 5) is 28.8. The van der Waals surface area contributed by atoms with Gasteiger partial charge in [-0.2, -0.15) is 0 Å². The Labute approximate surface area is 232 Å². The van der Waals surface area contributed by atoms with E-state index in [1.165, 1.54) is 12.1 Å². The molecule has 0 saturated carbocycles. The second-order valence-electron chi connectivity index (χ2n) is 9.34. The van der Waals surface area contributed by atoms with Gasteiger partial charge in [-0.1, -0.05) is 54.2 Å². The highest BCUT2D eigenvalue weighted by atomic mass is 35.5. The van der Waals surface area contributed by atoms with Gasteiger partial charge in [-0.3, -0.25) is 9.78 Å². The quantitative estimate of drug-likeness (QED) is 0.265. The van der Waals surface area contributed by atoms with Crippen molar-refractivity contribution < 1.29 is 24.2 Å². The summed E-state index contributed by atoms with van der Waals surface area (Å²) in [6.07, 6.45) is 7.12. The number of hydrogen-bond acceptors (Lipinski definition) is 5. The van der Waals surface area contributed by atoms with Crippen LogP contribution in [0.4, 0.5) is 0 Å². The molecule has 0 bridgehead atoms. The zero-order valence-corrected chi connectivity index (χ0v) is 22.4.